The van der Waals surface area contributed by atoms with Crippen molar-refractivity contribution in [3.63, 3.8) is 0 Å². The number of aryl methyl sites for hydroxylation is 1. The van der Waals surface area contributed by atoms with Gasteiger partial charge in [0.1, 0.15) is 24.2 Å². The minimum absolute atomic E-state index is 0.160. The molecular formula is C27H33NO6. The summed E-state index contributed by atoms with van der Waals surface area (Å²) in [5.41, 5.74) is 1.65. The van der Waals surface area contributed by atoms with Gasteiger partial charge in [-0.15, -0.1) is 0 Å². The Morgan fingerprint density at radius 3 is 2.47 bits per heavy atom. The molecule has 0 N–H and O–H groups in total. The summed E-state index contributed by atoms with van der Waals surface area (Å²) in [4.78, 5) is 26.6. The lowest BCUT2D eigenvalue weighted by atomic mass is 9.94. The van der Waals surface area contributed by atoms with Crippen molar-refractivity contribution >= 4 is 11.7 Å². The van der Waals surface area contributed by atoms with Crippen LogP contribution in [0.2, 0.25) is 0 Å². The molecule has 0 radical (unpaired) electrons. The molecule has 1 amide bonds. The summed E-state index contributed by atoms with van der Waals surface area (Å²) in [6.07, 6.45) is 2.69. The molecule has 34 heavy (non-hydrogen) atoms. The first kappa shape index (κ1) is 24.1. The SMILES string of the molecule is COc1ccc(C2(C(=O)N3CCOC(COc4ccc(CCC(C)=O)cc4OC)C3)CC2)cc1. The first-order valence-corrected chi connectivity index (χ1v) is 11.8. The Kier molecular flexibility index (Phi) is 7.41. The molecule has 2 aliphatic rings. The van der Waals surface area contributed by atoms with Crippen LogP contribution in [0.5, 0.6) is 17.2 Å². The van der Waals surface area contributed by atoms with E-state index in [4.69, 9.17) is 18.9 Å². The van der Waals surface area contributed by atoms with Crippen LogP contribution in [-0.2, 0) is 26.2 Å². The number of amides is 1. The summed E-state index contributed by atoms with van der Waals surface area (Å²) in [7, 11) is 3.24. The molecule has 2 aromatic rings. The Labute approximate surface area is 200 Å². The molecule has 1 unspecified atom stereocenters. The van der Waals surface area contributed by atoms with Gasteiger partial charge in [0, 0.05) is 13.0 Å². The highest BCUT2D eigenvalue weighted by Crippen LogP contribution is 2.50. The van der Waals surface area contributed by atoms with Crippen LogP contribution in [0.15, 0.2) is 42.5 Å². The van der Waals surface area contributed by atoms with E-state index in [0.717, 1.165) is 29.7 Å². The summed E-state index contributed by atoms with van der Waals surface area (Å²) in [5.74, 6) is 2.36. The monoisotopic (exact) mass is 467 g/mol. The van der Waals surface area contributed by atoms with E-state index in [2.05, 4.69) is 0 Å². The minimum atomic E-state index is -0.423. The smallest absolute Gasteiger partial charge is 0.233 e. The second kappa shape index (κ2) is 10.5. The molecule has 1 aliphatic carbocycles. The maximum absolute atomic E-state index is 13.5. The molecule has 1 aliphatic heterocycles. The number of benzene rings is 2. The molecule has 1 saturated heterocycles. The van der Waals surface area contributed by atoms with Crippen LogP contribution >= 0.6 is 0 Å². The number of rotatable bonds is 10. The molecule has 7 nitrogen and oxygen atoms in total. The Morgan fingerprint density at radius 2 is 1.82 bits per heavy atom. The second-order valence-electron chi connectivity index (χ2n) is 9.05. The molecule has 4 rings (SSSR count). The van der Waals surface area contributed by atoms with Gasteiger partial charge in [-0.25, -0.2) is 0 Å². The van der Waals surface area contributed by atoms with Crippen molar-refractivity contribution in [3.8, 4) is 17.2 Å². The van der Waals surface area contributed by atoms with Gasteiger partial charge in [0.05, 0.1) is 32.8 Å². The second-order valence-corrected chi connectivity index (χ2v) is 9.05. The van der Waals surface area contributed by atoms with E-state index < -0.39 is 5.41 Å². The Morgan fingerprint density at radius 1 is 1.06 bits per heavy atom. The highest BCUT2D eigenvalue weighted by Gasteiger charge is 2.53. The summed E-state index contributed by atoms with van der Waals surface area (Å²) in [5, 5.41) is 0. The lowest BCUT2D eigenvalue weighted by molar-refractivity contribution is -0.142. The molecule has 182 valence electrons. The predicted octanol–water partition coefficient (Wildman–Crippen LogP) is 3.56. The lowest BCUT2D eigenvalue weighted by Crippen LogP contribution is -2.50. The van der Waals surface area contributed by atoms with E-state index >= 15 is 0 Å². The molecule has 0 aromatic heterocycles. The third kappa shape index (κ3) is 5.36. The highest BCUT2D eigenvalue weighted by atomic mass is 16.5. The standard InChI is InChI=1S/C27H33NO6/c1-19(29)4-5-20-6-11-24(25(16-20)32-3)34-18-23-17-28(14-15-33-23)26(30)27(12-13-27)21-7-9-22(31-2)10-8-21/h6-11,16,23H,4-5,12-15,17-18H2,1-3H3. The van der Waals surface area contributed by atoms with E-state index in [1.54, 1.807) is 21.1 Å². The van der Waals surface area contributed by atoms with Crippen LogP contribution in [0.1, 0.15) is 37.3 Å². The lowest BCUT2D eigenvalue weighted by Gasteiger charge is -2.35. The van der Waals surface area contributed by atoms with Crippen LogP contribution in [0.25, 0.3) is 0 Å². The zero-order valence-electron chi connectivity index (χ0n) is 20.2. The molecule has 1 atom stereocenters. The van der Waals surface area contributed by atoms with Gasteiger partial charge in [0.25, 0.3) is 0 Å². The number of ether oxygens (including phenoxy) is 4. The predicted molar refractivity (Wildman–Crippen MR) is 128 cm³/mol. The number of carbonyl (C=O) groups is 2. The van der Waals surface area contributed by atoms with Crippen molar-refractivity contribution in [1.82, 2.24) is 4.90 Å². The quantitative estimate of drug-likeness (QED) is 0.532. The van der Waals surface area contributed by atoms with Gasteiger partial charge in [-0.05, 0) is 61.6 Å². The zero-order chi connectivity index (χ0) is 24.1. The van der Waals surface area contributed by atoms with Crippen molar-refractivity contribution < 1.29 is 28.5 Å². The Balaban J connectivity index is 1.36. The van der Waals surface area contributed by atoms with Gasteiger partial charge in [-0.2, -0.15) is 0 Å². The molecule has 2 aromatic carbocycles. The summed E-state index contributed by atoms with van der Waals surface area (Å²) < 4.78 is 22.7. The average Bonchev–Trinajstić information content (AvgIpc) is 3.68. The molecule has 1 heterocycles. The topological polar surface area (TPSA) is 74.3 Å². The van der Waals surface area contributed by atoms with Crippen molar-refractivity contribution in [2.24, 2.45) is 0 Å². The average molecular weight is 468 g/mol. The number of carbonyl (C=O) groups excluding carboxylic acids is 2. The van der Waals surface area contributed by atoms with Crippen LogP contribution in [0.4, 0.5) is 0 Å². The largest absolute Gasteiger partial charge is 0.497 e. The highest BCUT2D eigenvalue weighted by molar-refractivity contribution is 5.91. The van der Waals surface area contributed by atoms with Gasteiger partial charge in [0.2, 0.25) is 5.91 Å². The number of nitrogens with zero attached hydrogens (tertiary/aromatic N) is 1. The molecular weight excluding hydrogens is 434 g/mol. The first-order valence-electron chi connectivity index (χ1n) is 11.8. The number of hydrogen-bond acceptors (Lipinski definition) is 6. The Bertz CT molecular complexity index is 1010. The molecule has 2 fully saturated rings. The third-order valence-corrected chi connectivity index (χ3v) is 6.65. The van der Waals surface area contributed by atoms with Gasteiger partial charge in [0.15, 0.2) is 11.5 Å². The molecule has 1 saturated carbocycles. The number of ketones is 1. The van der Waals surface area contributed by atoms with E-state index in [1.807, 2.05) is 47.4 Å². The zero-order valence-corrected chi connectivity index (χ0v) is 20.2. The summed E-state index contributed by atoms with van der Waals surface area (Å²) in [6, 6.07) is 13.5. The van der Waals surface area contributed by atoms with E-state index in [-0.39, 0.29) is 17.8 Å². The van der Waals surface area contributed by atoms with Crippen LogP contribution in [-0.4, -0.2) is 63.2 Å². The van der Waals surface area contributed by atoms with Gasteiger partial charge in [-0.3, -0.25) is 4.79 Å². The molecule has 0 spiro atoms. The summed E-state index contributed by atoms with van der Waals surface area (Å²) >= 11 is 0. The van der Waals surface area contributed by atoms with Gasteiger partial charge in [-0.1, -0.05) is 18.2 Å². The van der Waals surface area contributed by atoms with Crippen molar-refractivity contribution in [1.29, 1.82) is 0 Å². The van der Waals surface area contributed by atoms with Crippen molar-refractivity contribution in [3.05, 3.63) is 53.6 Å². The first-order chi connectivity index (χ1) is 16.4. The maximum Gasteiger partial charge on any atom is 0.233 e. The summed E-state index contributed by atoms with van der Waals surface area (Å²) in [6.45, 7) is 3.48. The number of hydrogen-bond donors (Lipinski definition) is 0. The van der Waals surface area contributed by atoms with Gasteiger partial charge >= 0.3 is 0 Å². The fourth-order valence-corrected chi connectivity index (χ4v) is 4.46. The van der Waals surface area contributed by atoms with Crippen LogP contribution in [0, 0.1) is 0 Å². The van der Waals surface area contributed by atoms with E-state index in [0.29, 0.717) is 50.6 Å². The van der Waals surface area contributed by atoms with Crippen LogP contribution in [0.3, 0.4) is 0 Å². The number of morpholine rings is 1. The maximum atomic E-state index is 13.5. The van der Waals surface area contributed by atoms with Crippen molar-refractivity contribution in [2.75, 3.05) is 40.5 Å². The fourth-order valence-electron chi connectivity index (χ4n) is 4.46. The molecule has 7 heteroatoms. The fraction of sp³-hybridized carbons (Fsp3) is 0.481. The number of Topliss-reactive ketones (excluding diaryl/α,β-unsaturated/α-hetero) is 1. The normalized spacial score (nSPS) is 18.8. The van der Waals surface area contributed by atoms with Crippen molar-refractivity contribution in [2.45, 2.75) is 44.1 Å². The molecule has 0 bridgehead atoms. The number of methoxy groups -OCH3 is 2. The van der Waals surface area contributed by atoms with Crippen LogP contribution < -0.4 is 14.2 Å². The Hall–Kier alpha value is -3.06. The van der Waals surface area contributed by atoms with Gasteiger partial charge < -0.3 is 28.6 Å². The van der Waals surface area contributed by atoms with E-state index in [9.17, 15) is 9.59 Å². The third-order valence-electron chi connectivity index (χ3n) is 6.65. The minimum Gasteiger partial charge on any atom is -0.497 e. The van der Waals surface area contributed by atoms with E-state index in [1.165, 1.54) is 0 Å².